The Morgan fingerprint density at radius 1 is 1.33 bits per heavy atom. The van der Waals surface area contributed by atoms with Gasteiger partial charge in [0.1, 0.15) is 6.07 Å². The van der Waals surface area contributed by atoms with Gasteiger partial charge in [-0.2, -0.15) is 23.5 Å². The molecule has 0 spiro atoms. The predicted molar refractivity (Wildman–Crippen MR) is 61.0 cm³/mol. The Labute approximate surface area is 109 Å². The van der Waals surface area contributed by atoms with Crippen LogP contribution in [-0.2, 0) is 6.18 Å². The van der Waals surface area contributed by atoms with Crippen LogP contribution >= 0.6 is 15.9 Å². The van der Waals surface area contributed by atoms with Gasteiger partial charge in [0.2, 0.25) is 0 Å². The SMILES string of the molecule is N#Cc1cnn(-c2ccc(C(F)(F)F)cc2Br)c1. The average Bonchev–Trinajstić information content (AvgIpc) is 2.76. The summed E-state index contributed by atoms with van der Waals surface area (Å²) in [6.07, 6.45) is -1.61. The lowest BCUT2D eigenvalue weighted by molar-refractivity contribution is -0.137. The average molecular weight is 316 g/mol. The highest BCUT2D eigenvalue weighted by molar-refractivity contribution is 9.10. The normalized spacial score (nSPS) is 11.3. The number of aromatic nitrogens is 2. The molecule has 92 valence electrons. The van der Waals surface area contributed by atoms with Crippen molar-refractivity contribution in [1.82, 2.24) is 9.78 Å². The van der Waals surface area contributed by atoms with E-state index in [1.54, 1.807) is 0 Å². The lowest BCUT2D eigenvalue weighted by Gasteiger charge is -2.09. The quantitative estimate of drug-likeness (QED) is 0.808. The summed E-state index contributed by atoms with van der Waals surface area (Å²) in [5.74, 6) is 0. The molecule has 3 nitrogen and oxygen atoms in total. The largest absolute Gasteiger partial charge is 0.416 e. The van der Waals surface area contributed by atoms with Gasteiger partial charge < -0.3 is 0 Å². The van der Waals surface area contributed by atoms with E-state index in [0.717, 1.165) is 12.1 Å². The van der Waals surface area contributed by atoms with Crippen LogP contribution in [0.3, 0.4) is 0 Å². The van der Waals surface area contributed by atoms with Gasteiger partial charge in [0, 0.05) is 10.7 Å². The summed E-state index contributed by atoms with van der Waals surface area (Å²) < 4.78 is 39.0. The first-order valence-electron chi connectivity index (χ1n) is 4.73. The summed E-state index contributed by atoms with van der Waals surface area (Å²) in [5, 5.41) is 12.5. The molecule has 0 radical (unpaired) electrons. The van der Waals surface area contributed by atoms with Gasteiger partial charge in [-0.15, -0.1) is 0 Å². The van der Waals surface area contributed by atoms with E-state index < -0.39 is 11.7 Å². The van der Waals surface area contributed by atoms with E-state index in [2.05, 4.69) is 21.0 Å². The molecule has 0 unspecified atom stereocenters. The maximum atomic E-state index is 12.5. The molecule has 0 aliphatic heterocycles. The fraction of sp³-hybridized carbons (Fsp3) is 0.0909. The number of hydrogen-bond donors (Lipinski definition) is 0. The molecule has 7 heteroatoms. The number of nitrogens with zero attached hydrogens (tertiary/aromatic N) is 3. The molecule has 2 aromatic rings. The molecule has 18 heavy (non-hydrogen) atoms. The van der Waals surface area contributed by atoms with Crippen LogP contribution in [0.5, 0.6) is 0 Å². The van der Waals surface area contributed by atoms with Gasteiger partial charge in [-0.1, -0.05) is 0 Å². The first kappa shape index (κ1) is 12.6. The Bertz CT molecular complexity index is 625. The van der Waals surface area contributed by atoms with E-state index >= 15 is 0 Å². The minimum Gasteiger partial charge on any atom is -0.238 e. The van der Waals surface area contributed by atoms with Gasteiger partial charge >= 0.3 is 6.18 Å². The highest BCUT2D eigenvalue weighted by Gasteiger charge is 2.30. The van der Waals surface area contributed by atoms with Gasteiger partial charge in [0.25, 0.3) is 0 Å². The number of benzene rings is 1. The molecule has 1 aromatic heterocycles. The van der Waals surface area contributed by atoms with E-state index in [0.29, 0.717) is 11.3 Å². The number of nitriles is 1. The predicted octanol–water partition coefficient (Wildman–Crippen LogP) is 3.53. The van der Waals surface area contributed by atoms with Crippen molar-refractivity contribution in [2.75, 3.05) is 0 Å². The van der Waals surface area contributed by atoms with Crippen LogP contribution in [-0.4, -0.2) is 9.78 Å². The van der Waals surface area contributed by atoms with Crippen molar-refractivity contribution in [1.29, 1.82) is 5.26 Å². The Hall–Kier alpha value is -1.81. The molecule has 0 N–H and O–H groups in total. The molecule has 0 aliphatic rings. The van der Waals surface area contributed by atoms with Crippen molar-refractivity contribution in [3.8, 4) is 11.8 Å². The smallest absolute Gasteiger partial charge is 0.238 e. The highest BCUT2D eigenvalue weighted by Crippen LogP contribution is 2.33. The van der Waals surface area contributed by atoms with Crippen LogP contribution in [0.4, 0.5) is 13.2 Å². The number of halogens is 4. The third-order valence-electron chi connectivity index (χ3n) is 2.23. The molecule has 0 atom stereocenters. The van der Waals surface area contributed by atoms with E-state index in [1.165, 1.54) is 23.1 Å². The fourth-order valence-electron chi connectivity index (χ4n) is 1.38. The van der Waals surface area contributed by atoms with E-state index in [-0.39, 0.29) is 4.47 Å². The molecule has 0 saturated heterocycles. The van der Waals surface area contributed by atoms with Crippen molar-refractivity contribution in [3.63, 3.8) is 0 Å². The standard InChI is InChI=1S/C11H5BrF3N3/c12-9-3-8(11(13,14)15)1-2-10(9)18-6-7(4-16)5-17-18/h1-3,5-6H. The van der Waals surface area contributed by atoms with Crippen LogP contribution in [0.2, 0.25) is 0 Å². The Balaban J connectivity index is 2.45. The maximum absolute atomic E-state index is 12.5. The molecule has 0 bridgehead atoms. The minimum atomic E-state index is -4.39. The molecule has 0 saturated carbocycles. The summed E-state index contributed by atoms with van der Waals surface area (Å²) in [6.45, 7) is 0. The van der Waals surface area contributed by atoms with Gasteiger partial charge in [-0.05, 0) is 34.1 Å². The van der Waals surface area contributed by atoms with Crippen molar-refractivity contribution in [3.05, 3.63) is 46.2 Å². The topological polar surface area (TPSA) is 41.6 Å². The molecule has 0 amide bonds. The van der Waals surface area contributed by atoms with Crippen LogP contribution in [0.25, 0.3) is 5.69 Å². The van der Waals surface area contributed by atoms with Gasteiger partial charge in [0.15, 0.2) is 0 Å². The lowest BCUT2D eigenvalue weighted by Crippen LogP contribution is -2.06. The molecule has 0 fully saturated rings. The first-order chi connectivity index (χ1) is 8.41. The maximum Gasteiger partial charge on any atom is 0.416 e. The summed E-state index contributed by atoms with van der Waals surface area (Å²) in [7, 11) is 0. The van der Waals surface area contributed by atoms with E-state index in [9.17, 15) is 13.2 Å². The van der Waals surface area contributed by atoms with Crippen LogP contribution < -0.4 is 0 Å². The molecule has 1 heterocycles. The summed E-state index contributed by atoms with van der Waals surface area (Å²) in [6, 6.07) is 5.13. The fourth-order valence-corrected chi connectivity index (χ4v) is 1.94. The lowest BCUT2D eigenvalue weighted by atomic mass is 10.2. The molecule has 1 aromatic carbocycles. The molecule has 2 rings (SSSR count). The van der Waals surface area contributed by atoms with Crippen molar-refractivity contribution in [2.45, 2.75) is 6.18 Å². The van der Waals surface area contributed by atoms with E-state index in [4.69, 9.17) is 5.26 Å². The van der Waals surface area contributed by atoms with Crippen LogP contribution in [0.15, 0.2) is 35.1 Å². The minimum absolute atomic E-state index is 0.255. The summed E-state index contributed by atoms with van der Waals surface area (Å²) >= 11 is 3.06. The third kappa shape index (κ3) is 2.38. The van der Waals surface area contributed by atoms with Crippen LogP contribution in [0, 0.1) is 11.3 Å². The zero-order chi connectivity index (χ0) is 13.3. The second-order valence-electron chi connectivity index (χ2n) is 3.45. The summed E-state index contributed by atoms with van der Waals surface area (Å²) in [4.78, 5) is 0. The first-order valence-corrected chi connectivity index (χ1v) is 5.53. The Kier molecular flexibility index (Phi) is 3.13. The van der Waals surface area contributed by atoms with Gasteiger partial charge in [0.05, 0.1) is 23.0 Å². The highest BCUT2D eigenvalue weighted by atomic mass is 79.9. The Morgan fingerprint density at radius 2 is 2.06 bits per heavy atom. The summed E-state index contributed by atoms with van der Waals surface area (Å²) in [5.41, 5.74) is 0.0251. The van der Waals surface area contributed by atoms with Gasteiger partial charge in [-0.25, -0.2) is 4.68 Å². The van der Waals surface area contributed by atoms with Crippen molar-refractivity contribution < 1.29 is 13.2 Å². The molecule has 0 aliphatic carbocycles. The second kappa shape index (κ2) is 4.46. The number of rotatable bonds is 1. The molecular weight excluding hydrogens is 311 g/mol. The third-order valence-corrected chi connectivity index (χ3v) is 2.87. The second-order valence-corrected chi connectivity index (χ2v) is 4.30. The number of alkyl halides is 3. The van der Waals surface area contributed by atoms with Gasteiger partial charge in [-0.3, -0.25) is 0 Å². The zero-order valence-corrected chi connectivity index (χ0v) is 10.3. The van der Waals surface area contributed by atoms with E-state index in [1.807, 2.05) is 6.07 Å². The van der Waals surface area contributed by atoms with Crippen molar-refractivity contribution >= 4 is 15.9 Å². The van der Waals surface area contributed by atoms with Crippen LogP contribution in [0.1, 0.15) is 11.1 Å². The number of hydrogen-bond acceptors (Lipinski definition) is 2. The molecular formula is C11H5BrF3N3. The Morgan fingerprint density at radius 3 is 2.56 bits per heavy atom. The van der Waals surface area contributed by atoms with Crippen molar-refractivity contribution in [2.24, 2.45) is 0 Å². The monoisotopic (exact) mass is 315 g/mol. The zero-order valence-electron chi connectivity index (χ0n) is 8.74.